The van der Waals surface area contributed by atoms with Gasteiger partial charge in [0.05, 0.1) is 0 Å². The van der Waals surface area contributed by atoms with E-state index >= 15 is 0 Å². The standard InChI is InChI=1S/C16H16O/c1-12-8-9-15(10-13(12)2)16(17)11-14-6-4-3-5-7-14/h3-10H,11H2,1-2H3. The predicted molar refractivity (Wildman–Crippen MR) is 70.4 cm³/mol. The van der Waals surface area contributed by atoms with Crippen molar-refractivity contribution in [3.05, 3.63) is 70.8 Å². The molecule has 0 aliphatic heterocycles. The summed E-state index contributed by atoms with van der Waals surface area (Å²) in [6.45, 7) is 4.09. The van der Waals surface area contributed by atoms with Crippen LogP contribution >= 0.6 is 0 Å². The van der Waals surface area contributed by atoms with Crippen molar-refractivity contribution in [3.8, 4) is 0 Å². The van der Waals surface area contributed by atoms with Crippen LogP contribution in [-0.4, -0.2) is 5.78 Å². The van der Waals surface area contributed by atoms with E-state index in [0.29, 0.717) is 6.42 Å². The third kappa shape index (κ3) is 2.82. The summed E-state index contributed by atoms with van der Waals surface area (Å²) in [4.78, 5) is 12.1. The molecule has 1 heteroatoms. The molecule has 0 saturated carbocycles. The van der Waals surface area contributed by atoms with Crippen LogP contribution < -0.4 is 0 Å². The maximum atomic E-state index is 12.1. The zero-order chi connectivity index (χ0) is 12.3. The molecule has 0 fully saturated rings. The SMILES string of the molecule is Cc1ccc(C(=O)Cc2ccccc2)cc1C. The van der Waals surface area contributed by atoms with E-state index in [1.165, 1.54) is 11.1 Å². The van der Waals surface area contributed by atoms with Gasteiger partial charge in [-0.2, -0.15) is 0 Å². The fourth-order valence-corrected chi connectivity index (χ4v) is 1.80. The highest BCUT2D eigenvalue weighted by molar-refractivity contribution is 5.97. The van der Waals surface area contributed by atoms with E-state index in [2.05, 4.69) is 6.92 Å². The molecule has 2 rings (SSSR count). The molecule has 0 amide bonds. The molecule has 0 aromatic heterocycles. The molecule has 0 saturated heterocycles. The molecule has 0 aliphatic rings. The number of Topliss-reactive ketones (excluding diaryl/α,β-unsaturated/α-hetero) is 1. The molecular weight excluding hydrogens is 208 g/mol. The van der Waals surface area contributed by atoms with Gasteiger partial charge in [-0.3, -0.25) is 4.79 Å². The minimum Gasteiger partial charge on any atom is -0.294 e. The van der Waals surface area contributed by atoms with Crippen molar-refractivity contribution < 1.29 is 4.79 Å². The van der Waals surface area contributed by atoms with Gasteiger partial charge in [0.15, 0.2) is 5.78 Å². The molecular formula is C16H16O. The van der Waals surface area contributed by atoms with E-state index in [1.807, 2.05) is 55.5 Å². The number of ketones is 1. The largest absolute Gasteiger partial charge is 0.294 e. The molecule has 0 atom stereocenters. The number of hydrogen-bond donors (Lipinski definition) is 0. The Labute approximate surface area is 102 Å². The molecule has 1 nitrogen and oxygen atoms in total. The van der Waals surface area contributed by atoms with Crippen molar-refractivity contribution in [2.75, 3.05) is 0 Å². The molecule has 0 heterocycles. The van der Waals surface area contributed by atoms with Crippen LogP contribution in [0, 0.1) is 13.8 Å². The second-order valence-corrected chi connectivity index (χ2v) is 4.38. The summed E-state index contributed by atoms with van der Waals surface area (Å²) in [5.74, 6) is 0.180. The van der Waals surface area contributed by atoms with Crippen LogP contribution in [0.5, 0.6) is 0 Å². The Morgan fingerprint density at radius 1 is 0.941 bits per heavy atom. The monoisotopic (exact) mass is 224 g/mol. The van der Waals surface area contributed by atoms with Crippen molar-refractivity contribution in [2.24, 2.45) is 0 Å². The Morgan fingerprint density at radius 2 is 1.65 bits per heavy atom. The molecule has 0 bridgehead atoms. The third-order valence-corrected chi connectivity index (χ3v) is 3.04. The summed E-state index contributed by atoms with van der Waals surface area (Å²) in [6.07, 6.45) is 0.476. The van der Waals surface area contributed by atoms with Gasteiger partial charge in [-0.15, -0.1) is 0 Å². The van der Waals surface area contributed by atoms with Crippen LogP contribution in [0.3, 0.4) is 0 Å². The van der Waals surface area contributed by atoms with Crippen molar-refractivity contribution >= 4 is 5.78 Å². The molecule has 0 radical (unpaired) electrons. The fraction of sp³-hybridized carbons (Fsp3) is 0.188. The lowest BCUT2D eigenvalue weighted by molar-refractivity contribution is 0.0993. The second-order valence-electron chi connectivity index (χ2n) is 4.38. The van der Waals surface area contributed by atoms with E-state index in [9.17, 15) is 4.79 Å². The summed E-state index contributed by atoms with van der Waals surface area (Å²) in [5, 5.41) is 0. The zero-order valence-corrected chi connectivity index (χ0v) is 10.2. The number of benzene rings is 2. The van der Waals surface area contributed by atoms with Gasteiger partial charge in [0, 0.05) is 12.0 Å². The van der Waals surface area contributed by atoms with Crippen LogP contribution in [0.1, 0.15) is 27.0 Å². The molecule has 0 spiro atoms. The maximum Gasteiger partial charge on any atom is 0.167 e. The number of carbonyl (C=O) groups is 1. The molecule has 86 valence electrons. The minimum absolute atomic E-state index is 0.180. The zero-order valence-electron chi connectivity index (χ0n) is 10.2. The van der Waals surface area contributed by atoms with Crippen LogP contribution in [0.25, 0.3) is 0 Å². The van der Waals surface area contributed by atoms with E-state index < -0.39 is 0 Å². The van der Waals surface area contributed by atoms with Gasteiger partial charge in [0.1, 0.15) is 0 Å². The first kappa shape index (κ1) is 11.6. The summed E-state index contributed by atoms with van der Waals surface area (Å²) < 4.78 is 0. The van der Waals surface area contributed by atoms with Gasteiger partial charge in [-0.1, -0.05) is 42.5 Å². The highest BCUT2D eigenvalue weighted by atomic mass is 16.1. The average Bonchev–Trinajstić information content (AvgIpc) is 2.34. The van der Waals surface area contributed by atoms with E-state index in [1.54, 1.807) is 0 Å². The quantitative estimate of drug-likeness (QED) is 0.726. The van der Waals surface area contributed by atoms with E-state index in [0.717, 1.165) is 11.1 Å². The van der Waals surface area contributed by atoms with E-state index in [4.69, 9.17) is 0 Å². The molecule has 2 aromatic carbocycles. The molecule has 0 N–H and O–H groups in total. The van der Waals surface area contributed by atoms with Gasteiger partial charge < -0.3 is 0 Å². The fourth-order valence-electron chi connectivity index (χ4n) is 1.80. The summed E-state index contributed by atoms with van der Waals surface area (Å²) >= 11 is 0. The van der Waals surface area contributed by atoms with Crippen LogP contribution in [-0.2, 0) is 6.42 Å². The van der Waals surface area contributed by atoms with Crippen LogP contribution in [0.15, 0.2) is 48.5 Å². The highest BCUT2D eigenvalue weighted by Crippen LogP contribution is 2.12. The van der Waals surface area contributed by atoms with Crippen LogP contribution in [0.2, 0.25) is 0 Å². The lowest BCUT2D eigenvalue weighted by Crippen LogP contribution is -2.04. The lowest BCUT2D eigenvalue weighted by Gasteiger charge is -2.04. The van der Waals surface area contributed by atoms with Crippen LogP contribution in [0.4, 0.5) is 0 Å². The number of carbonyl (C=O) groups excluding carboxylic acids is 1. The maximum absolute atomic E-state index is 12.1. The summed E-state index contributed by atoms with van der Waals surface area (Å²) in [5.41, 5.74) is 4.26. The Morgan fingerprint density at radius 3 is 2.29 bits per heavy atom. The predicted octanol–water partition coefficient (Wildman–Crippen LogP) is 3.73. The number of aryl methyl sites for hydroxylation is 2. The van der Waals surface area contributed by atoms with Crippen molar-refractivity contribution in [1.82, 2.24) is 0 Å². The summed E-state index contributed by atoms with van der Waals surface area (Å²) in [7, 11) is 0. The Kier molecular flexibility index (Phi) is 3.38. The van der Waals surface area contributed by atoms with Gasteiger partial charge in [0.2, 0.25) is 0 Å². The van der Waals surface area contributed by atoms with Crippen molar-refractivity contribution in [1.29, 1.82) is 0 Å². The molecule has 17 heavy (non-hydrogen) atoms. The first-order valence-electron chi connectivity index (χ1n) is 5.81. The van der Waals surface area contributed by atoms with Gasteiger partial charge in [-0.25, -0.2) is 0 Å². The Balaban J connectivity index is 2.18. The van der Waals surface area contributed by atoms with Gasteiger partial charge in [0.25, 0.3) is 0 Å². The minimum atomic E-state index is 0.180. The first-order valence-corrected chi connectivity index (χ1v) is 5.81. The lowest BCUT2D eigenvalue weighted by atomic mass is 9.99. The first-order chi connectivity index (χ1) is 8.16. The average molecular weight is 224 g/mol. The second kappa shape index (κ2) is 4.96. The molecule has 2 aromatic rings. The Bertz CT molecular complexity index is 526. The van der Waals surface area contributed by atoms with Crippen molar-refractivity contribution in [2.45, 2.75) is 20.3 Å². The third-order valence-electron chi connectivity index (χ3n) is 3.04. The molecule has 0 unspecified atom stereocenters. The Hall–Kier alpha value is -1.89. The number of hydrogen-bond acceptors (Lipinski definition) is 1. The smallest absolute Gasteiger partial charge is 0.167 e. The van der Waals surface area contributed by atoms with E-state index in [-0.39, 0.29) is 5.78 Å². The van der Waals surface area contributed by atoms with Crippen molar-refractivity contribution in [3.63, 3.8) is 0 Å². The van der Waals surface area contributed by atoms with Gasteiger partial charge >= 0.3 is 0 Å². The van der Waals surface area contributed by atoms with Gasteiger partial charge in [-0.05, 0) is 36.6 Å². The normalized spacial score (nSPS) is 10.2. The topological polar surface area (TPSA) is 17.1 Å². The summed E-state index contributed by atoms with van der Waals surface area (Å²) in [6, 6.07) is 15.7. The number of rotatable bonds is 3. The highest BCUT2D eigenvalue weighted by Gasteiger charge is 2.07. The molecule has 0 aliphatic carbocycles.